The van der Waals surface area contributed by atoms with Crippen LogP contribution in [-0.4, -0.2) is 57.3 Å². The summed E-state index contributed by atoms with van der Waals surface area (Å²) in [5, 5.41) is 11.8. The zero-order valence-corrected chi connectivity index (χ0v) is 13.8. The molecule has 0 heterocycles. The summed E-state index contributed by atoms with van der Waals surface area (Å²) < 4.78 is 15.4. The van der Waals surface area contributed by atoms with Gasteiger partial charge in [0.15, 0.2) is 0 Å². The van der Waals surface area contributed by atoms with Crippen molar-refractivity contribution in [3.8, 4) is 0 Å². The molecule has 0 fully saturated rings. The number of anilines is 1. The highest BCUT2D eigenvalue weighted by Crippen LogP contribution is 2.10. The van der Waals surface area contributed by atoms with Crippen LogP contribution in [0.1, 0.15) is 30.1 Å². The largest absolute Gasteiger partial charge is 0.460 e. The van der Waals surface area contributed by atoms with Gasteiger partial charge in [0.25, 0.3) is 0 Å². The van der Waals surface area contributed by atoms with E-state index in [0.29, 0.717) is 32.0 Å². The van der Waals surface area contributed by atoms with Crippen LogP contribution >= 0.6 is 0 Å². The van der Waals surface area contributed by atoms with Crippen molar-refractivity contribution in [3.05, 3.63) is 29.8 Å². The first kappa shape index (κ1) is 19.4. The lowest BCUT2D eigenvalue weighted by molar-refractivity contribution is 0.00920. The van der Waals surface area contributed by atoms with Crippen molar-refractivity contribution in [3.63, 3.8) is 0 Å². The molecule has 6 heteroatoms. The highest BCUT2D eigenvalue weighted by molar-refractivity contribution is 5.89. The number of esters is 1. The molecule has 0 bridgehead atoms. The molecule has 0 aliphatic rings. The maximum Gasteiger partial charge on any atom is 0.338 e. The first-order valence-electron chi connectivity index (χ1n) is 8.05. The Labute approximate surface area is 137 Å². The normalized spacial score (nSPS) is 10.5. The number of hydrogen-bond acceptors (Lipinski definition) is 6. The van der Waals surface area contributed by atoms with E-state index in [0.717, 1.165) is 25.1 Å². The predicted octanol–water partition coefficient (Wildman–Crippen LogP) is 2.08. The van der Waals surface area contributed by atoms with Gasteiger partial charge in [0.05, 0.1) is 38.6 Å². The molecule has 1 rings (SSSR count). The van der Waals surface area contributed by atoms with Gasteiger partial charge >= 0.3 is 5.97 Å². The van der Waals surface area contributed by atoms with Crippen LogP contribution in [0.5, 0.6) is 0 Å². The quantitative estimate of drug-likeness (QED) is 0.427. The lowest BCUT2D eigenvalue weighted by Gasteiger charge is -2.08. The van der Waals surface area contributed by atoms with Gasteiger partial charge in [0.2, 0.25) is 0 Å². The number of ether oxygens (including phenoxy) is 3. The van der Waals surface area contributed by atoms with Gasteiger partial charge in [-0.15, -0.1) is 0 Å². The summed E-state index contributed by atoms with van der Waals surface area (Å²) in [6, 6.07) is 7.25. The SMILES string of the molecule is CCCCNc1ccc(C(=O)OCCOCCOCCO)cc1. The first-order valence-corrected chi connectivity index (χ1v) is 8.05. The smallest absolute Gasteiger partial charge is 0.338 e. The van der Waals surface area contributed by atoms with E-state index < -0.39 is 0 Å². The van der Waals surface area contributed by atoms with Crippen molar-refractivity contribution >= 4 is 11.7 Å². The van der Waals surface area contributed by atoms with Gasteiger partial charge in [-0.3, -0.25) is 0 Å². The van der Waals surface area contributed by atoms with E-state index in [9.17, 15) is 4.79 Å². The highest BCUT2D eigenvalue weighted by Gasteiger charge is 2.06. The number of rotatable bonds is 13. The predicted molar refractivity (Wildman–Crippen MR) is 88.8 cm³/mol. The molecule has 6 nitrogen and oxygen atoms in total. The van der Waals surface area contributed by atoms with E-state index in [1.807, 2.05) is 12.1 Å². The maximum absolute atomic E-state index is 11.8. The molecule has 0 aliphatic carbocycles. The third-order valence-electron chi connectivity index (χ3n) is 3.05. The molecular formula is C17H27NO5. The molecule has 0 spiro atoms. The van der Waals surface area contributed by atoms with E-state index in [2.05, 4.69) is 12.2 Å². The van der Waals surface area contributed by atoms with Gasteiger partial charge in [-0.1, -0.05) is 13.3 Å². The monoisotopic (exact) mass is 325 g/mol. The Kier molecular flexibility index (Phi) is 10.9. The Hall–Kier alpha value is -1.63. The molecule has 23 heavy (non-hydrogen) atoms. The molecule has 0 aromatic heterocycles. The van der Waals surface area contributed by atoms with Crippen LogP contribution < -0.4 is 5.32 Å². The van der Waals surface area contributed by atoms with Gasteiger partial charge in [-0.05, 0) is 30.7 Å². The number of aliphatic hydroxyl groups is 1. The van der Waals surface area contributed by atoms with Gasteiger partial charge < -0.3 is 24.6 Å². The third kappa shape index (κ3) is 9.18. The minimum absolute atomic E-state index is 0.00449. The van der Waals surface area contributed by atoms with E-state index >= 15 is 0 Å². The summed E-state index contributed by atoms with van der Waals surface area (Å²) in [6.07, 6.45) is 2.27. The number of aliphatic hydroxyl groups excluding tert-OH is 1. The topological polar surface area (TPSA) is 77.0 Å². The van der Waals surface area contributed by atoms with Gasteiger partial charge in [0.1, 0.15) is 6.61 Å². The van der Waals surface area contributed by atoms with Crippen LogP contribution in [-0.2, 0) is 14.2 Å². The molecule has 130 valence electrons. The van der Waals surface area contributed by atoms with Gasteiger partial charge in [-0.2, -0.15) is 0 Å². The number of hydrogen-bond donors (Lipinski definition) is 2. The van der Waals surface area contributed by atoms with Crippen molar-refractivity contribution in [2.24, 2.45) is 0 Å². The zero-order valence-electron chi connectivity index (χ0n) is 13.8. The fraction of sp³-hybridized carbons (Fsp3) is 0.588. The first-order chi connectivity index (χ1) is 11.3. The summed E-state index contributed by atoms with van der Waals surface area (Å²) in [4.78, 5) is 11.8. The molecule has 0 saturated carbocycles. The lowest BCUT2D eigenvalue weighted by Crippen LogP contribution is -2.13. The molecule has 2 N–H and O–H groups in total. The summed E-state index contributed by atoms with van der Waals surface area (Å²) in [6.45, 7) is 4.75. The minimum Gasteiger partial charge on any atom is -0.460 e. The van der Waals surface area contributed by atoms with Crippen molar-refractivity contribution in [1.29, 1.82) is 0 Å². The molecule has 0 unspecified atom stereocenters. The van der Waals surface area contributed by atoms with Gasteiger partial charge in [0, 0.05) is 12.2 Å². The fourth-order valence-corrected chi connectivity index (χ4v) is 1.80. The van der Waals surface area contributed by atoms with E-state index in [1.54, 1.807) is 12.1 Å². The number of nitrogens with one attached hydrogen (secondary N) is 1. The molecule has 1 aromatic carbocycles. The van der Waals surface area contributed by atoms with Crippen LogP contribution in [0, 0.1) is 0 Å². The highest BCUT2D eigenvalue weighted by atomic mass is 16.6. The van der Waals surface area contributed by atoms with Crippen LogP contribution in [0.3, 0.4) is 0 Å². The number of carbonyl (C=O) groups excluding carboxylic acids is 1. The Morgan fingerprint density at radius 3 is 2.35 bits per heavy atom. The van der Waals surface area contributed by atoms with Crippen molar-refractivity contribution in [2.45, 2.75) is 19.8 Å². The fourth-order valence-electron chi connectivity index (χ4n) is 1.80. The van der Waals surface area contributed by atoms with E-state index in [-0.39, 0.29) is 19.2 Å². The second-order valence-electron chi connectivity index (χ2n) is 4.94. The molecule has 0 amide bonds. The van der Waals surface area contributed by atoms with Crippen molar-refractivity contribution < 1.29 is 24.1 Å². The van der Waals surface area contributed by atoms with Crippen molar-refractivity contribution in [1.82, 2.24) is 0 Å². The van der Waals surface area contributed by atoms with Gasteiger partial charge in [-0.25, -0.2) is 4.79 Å². The molecular weight excluding hydrogens is 298 g/mol. The minimum atomic E-state index is -0.356. The van der Waals surface area contributed by atoms with E-state index in [1.165, 1.54) is 0 Å². The Balaban J connectivity index is 2.14. The van der Waals surface area contributed by atoms with Crippen LogP contribution in [0.4, 0.5) is 5.69 Å². The maximum atomic E-state index is 11.8. The molecule has 1 aromatic rings. The molecule has 0 radical (unpaired) electrons. The molecule has 0 aliphatic heterocycles. The number of unbranched alkanes of at least 4 members (excludes halogenated alkanes) is 1. The summed E-state index contributed by atoms with van der Waals surface area (Å²) in [5.74, 6) is -0.356. The second-order valence-corrected chi connectivity index (χ2v) is 4.94. The average Bonchev–Trinajstić information content (AvgIpc) is 2.58. The zero-order chi connectivity index (χ0) is 16.8. The van der Waals surface area contributed by atoms with E-state index in [4.69, 9.17) is 19.3 Å². The average molecular weight is 325 g/mol. The Morgan fingerprint density at radius 2 is 1.70 bits per heavy atom. The summed E-state index contributed by atoms with van der Waals surface area (Å²) >= 11 is 0. The van der Waals surface area contributed by atoms with Crippen LogP contribution in [0.15, 0.2) is 24.3 Å². The molecule has 0 atom stereocenters. The Morgan fingerprint density at radius 1 is 1.04 bits per heavy atom. The van der Waals surface area contributed by atoms with Crippen LogP contribution in [0.25, 0.3) is 0 Å². The van der Waals surface area contributed by atoms with Crippen molar-refractivity contribution in [2.75, 3.05) is 51.5 Å². The number of carbonyl (C=O) groups is 1. The Bertz CT molecular complexity index is 421. The number of benzene rings is 1. The third-order valence-corrected chi connectivity index (χ3v) is 3.05. The molecule has 0 saturated heterocycles. The summed E-state index contributed by atoms with van der Waals surface area (Å²) in [5.41, 5.74) is 1.53. The second kappa shape index (κ2) is 12.9. The summed E-state index contributed by atoms with van der Waals surface area (Å²) in [7, 11) is 0. The lowest BCUT2D eigenvalue weighted by atomic mass is 10.2. The van der Waals surface area contributed by atoms with Crippen LogP contribution in [0.2, 0.25) is 0 Å². The standard InChI is InChI=1S/C17H27NO5/c1-2-3-8-18-16-6-4-15(5-7-16)17(20)23-14-13-22-12-11-21-10-9-19/h4-7,18-19H,2-3,8-14H2,1H3.